The van der Waals surface area contributed by atoms with Gasteiger partial charge in [-0.25, -0.2) is 0 Å². The van der Waals surface area contributed by atoms with Crippen molar-refractivity contribution in [2.45, 2.75) is 78.6 Å². The highest BCUT2D eigenvalue weighted by Crippen LogP contribution is 2.41. The van der Waals surface area contributed by atoms with Gasteiger partial charge in [-0.3, -0.25) is 0 Å². The van der Waals surface area contributed by atoms with Crippen molar-refractivity contribution in [1.82, 2.24) is 0 Å². The highest BCUT2D eigenvalue weighted by molar-refractivity contribution is 5.52. The summed E-state index contributed by atoms with van der Waals surface area (Å²) >= 11 is 0. The first kappa shape index (κ1) is 23.2. The molecule has 0 aromatic heterocycles. The van der Waals surface area contributed by atoms with E-state index in [4.69, 9.17) is 0 Å². The van der Waals surface area contributed by atoms with Gasteiger partial charge in [0.25, 0.3) is 0 Å². The van der Waals surface area contributed by atoms with Gasteiger partial charge in [0.2, 0.25) is 0 Å². The van der Waals surface area contributed by atoms with Crippen LogP contribution in [-0.2, 0) is 12.8 Å². The van der Waals surface area contributed by atoms with Gasteiger partial charge < -0.3 is 15.3 Å². The molecule has 174 valence electrons. The Morgan fingerprint density at radius 2 is 1.15 bits per heavy atom. The minimum Gasteiger partial charge on any atom is -0.508 e. The van der Waals surface area contributed by atoms with Crippen LogP contribution in [0.3, 0.4) is 0 Å². The molecule has 0 radical (unpaired) electrons. The second kappa shape index (κ2) is 9.51. The Labute approximate surface area is 197 Å². The van der Waals surface area contributed by atoms with E-state index in [0.29, 0.717) is 29.6 Å². The maximum atomic E-state index is 11.4. The zero-order valence-electron chi connectivity index (χ0n) is 20.3. The number of hydrogen-bond donors (Lipinski definition) is 3. The molecule has 0 amide bonds. The Kier molecular flexibility index (Phi) is 6.69. The third-order valence-electron chi connectivity index (χ3n) is 7.41. The van der Waals surface area contributed by atoms with E-state index in [1.165, 1.54) is 30.4 Å². The minimum atomic E-state index is 0.315. The zero-order chi connectivity index (χ0) is 23.7. The monoisotopic (exact) mass is 444 g/mol. The topological polar surface area (TPSA) is 60.7 Å². The number of aryl methyl sites for hydroxylation is 4. The van der Waals surface area contributed by atoms with Gasteiger partial charge >= 0.3 is 0 Å². The van der Waals surface area contributed by atoms with Crippen LogP contribution in [0.25, 0.3) is 0 Å². The van der Waals surface area contributed by atoms with Crippen LogP contribution in [0.4, 0.5) is 0 Å². The number of rotatable bonds is 5. The molecule has 3 aromatic rings. The molecule has 3 heteroatoms. The van der Waals surface area contributed by atoms with Crippen LogP contribution in [0.15, 0.2) is 36.4 Å². The summed E-state index contributed by atoms with van der Waals surface area (Å²) in [5.41, 5.74) is 9.43. The van der Waals surface area contributed by atoms with Crippen molar-refractivity contribution in [3.63, 3.8) is 0 Å². The van der Waals surface area contributed by atoms with Crippen LogP contribution in [0.5, 0.6) is 17.2 Å². The molecule has 1 aliphatic rings. The summed E-state index contributed by atoms with van der Waals surface area (Å²) in [6.45, 7) is 7.91. The van der Waals surface area contributed by atoms with E-state index in [-0.39, 0.29) is 0 Å². The summed E-state index contributed by atoms with van der Waals surface area (Å²) < 4.78 is 0. The summed E-state index contributed by atoms with van der Waals surface area (Å²) in [6, 6.07) is 12.1. The molecule has 0 spiro atoms. The second-order valence-corrected chi connectivity index (χ2v) is 10.0. The van der Waals surface area contributed by atoms with Gasteiger partial charge in [-0.15, -0.1) is 0 Å². The predicted octanol–water partition coefficient (Wildman–Crippen LogP) is 7.27. The molecule has 3 aromatic carbocycles. The van der Waals surface area contributed by atoms with Gasteiger partial charge in [-0.2, -0.15) is 0 Å². The Bertz CT molecular complexity index is 1170. The second-order valence-electron chi connectivity index (χ2n) is 10.0. The molecule has 3 nitrogen and oxygen atoms in total. The van der Waals surface area contributed by atoms with Crippen molar-refractivity contribution in [1.29, 1.82) is 0 Å². The van der Waals surface area contributed by atoms with Crippen molar-refractivity contribution in [3.8, 4) is 17.2 Å². The van der Waals surface area contributed by atoms with E-state index in [0.717, 1.165) is 58.2 Å². The summed E-state index contributed by atoms with van der Waals surface area (Å²) in [6.07, 6.45) is 7.39. The van der Waals surface area contributed by atoms with E-state index in [9.17, 15) is 15.3 Å². The van der Waals surface area contributed by atoms with Crippen molar-refractivity contribution >= 4 is 0 Å². The van der Waals surface area contributed by atoms with Crippen LogP contribution in [0, 0.1) is 27.7 Å². The van der Waals surface area contributed by atoms with E-state index in [2.05, 4.69) is 18.2 Å². The lowest BCUT2D eigenvalue weighted by Gasteiger charge is -2.25. The van der Waals surface area contributed by atoms with Gasteiger partial charge in [0.1, 0.15) is 17.2 Å². The van der Waals surface area contributed by atoms with Gasteiger partial charge in [-0.05, 0) is 115 Å². The van der Waals surface area contributed by atoms with Crippen LogP contribution in [-0.4, -0.2) is 15.3 Å². The molecule has 0 heterocycles. The lowest BCUT2D eigenvalue weighted by atomic mass is 9.81. The van der Waals surface area contributed by atoms with Gasteiger partial charge in [0.15, 0.2) is 0 Å². The summed E-state index contributed by atoms with van der Waals surface area (Å²) in [5, 5.41) is 31.5. The van der Waals surface area contributed by atoms with E-state index in [1.807, 2.05) is 45.9 Å². The SMILES string of the molecule is Cc1cc(Cc2cc(Cc3cc(C)c(O)cc3C)c(O)c(C3CCCCC3)c2)c(C)cc1O. The van der Waals surface area contributed by atoms with Crippen molar-refractivity contribution < 1.29 is 15.3 Å². The van der Waals surface area contributed by atoms with Crippen LogP contribution in [0.2, 0.25) is 0 Å². The highest BCUT2D eigenvalue weighted by atomic mass is 16.3. The quantitative estimate of drug-likeness (QED) is 0.388. The summed E-state index contributed by atoms with van der Waals surface area (Å²) in [7, 11) is 0. The fourth-order valence-corrected chi connectivity index (χ4v) is 5.28. The average Bonchev–Trinajstić information content (AvgIpc) is 2.78. The van der Waals surface area contributed by atoms with Crippen LogP contribution >= 0.6 is 0 Å². The number of phenols is 3. The third kappa shape index (κ3) is 5.03. The maximum absolute atomic E-state index is 11.4. The van der Waals surface area contributed by atoms with Gasteiger partial charge in [-0.1, -0.05) is 43.5 Å². The normalized spacial score (nSPS) is 14.5. The molecule has 0 bridgehead atoms. The fourth-order valence-electron chi connectivity index (χ4n) is 5.28. The summed E-state index contributed by atoms with van der Waals surface area (Å²) in [4.78, 5) is 0. The molecule has 0 aliphatic heterocycles. The Hall–Kier alpha value is -2.94. The smallest absolute Gasteiger partial charge is 0.122 e. The standard InChI is InChI=1S/C30H36O3/c1-18-12-28(31)20(3)10-24(18)14-22-15-26(17-25-11-21(4)29(32)13-19(25)2)30(33)27(16-22)23-8-6-5-7-9-23/h10-13,15-16,23,31-33H,5-9,14,17H2,1-4H3. The van der Waals surface area contributed by atoms with Crippen molar-refractivity contribution in [3.05, 3.63) is 86.5 Å². The Balaban J connectivity index is 1.77. The number of benzene rings is 3. The predicted molar refractivity (Wildman–Crippen MR) is 135 cm³/mol. The average molecular weight is 445 g/mol. The molecule has 1 aliphatic carbocycles. The molecular weight excluding hydrogens is 408 g/mol. The van der Waals surface area contributed by atoms with E-state index >= 15 is 0 Å². The van der Waals surface area contributed by atoms with Crippen molar-refractivity contribution in [2.75, 3.05) is 0 Å². The first-order valence-electron chi connectivity index (χ1n) is 12.2. The molecule has 0 saturated heterocycles. The molecule has 1 fully saturated rings. The minimum absolute atomic E-state index is 0.315. The van der Waals surface area contributed by atoms with Gasteiger partial charge in [0, 0.05) is 6.42 Å². The molecule has 0 atom stereocenters. The van der Waals surface area contributed by atoms with Crippen LogP contribution < -0.4 is 0 Å². The largest absolute Gasteiger partial charge is 0.508 e. The van der Waals surface area contributed by atoms with E-state index < -0.39 is 0 Å². The number of aromatic hydroxyl groups is 3. The molecule has 1 saturated carbocycles. The fraction of sp³-hybridized carbons (Fsp3) is 0.400. The molecular formula is C30H36O3. The first-order chi connectivity index (χ1) is 15.7. The first-order valence-corrected chi connectivity index (χ1v) is 12.2. The molecule has 33 heavy (non-hydrogen) atoms. The summed E-state index contributed by atoms with van der Waals surface area (Å²) in [5.74, 6) is 1.50. The Morgan fingerprint density at radius 3 is 1.73 bits per heavy atom. The maximum Gasteiger partial charge on any atom is 0.122 e. The lowest BCUT2D eigenvalue weighted by Crippen LogP contribution is -2.07. The van der Waals surface area contributed by atoms with Crippen LogP contribution in [0.1, 0.15) is 88.1 Å². The highest BCUT2D eigenvalue weighted by Gasteiger charge is 2.22. The van der Waals surface area contributed by atoms with Gasteiger partial charge in [0.05, 0.1) is 0 Å². The van der Waals surface area contributed by atoms with E-state index in [1.54, 1.807) is 0 Å². The Morgan fingerprint density at radius 1 is 0.606 bits per heavy atom. The lowest BCUT2D eigenvalue weighted by molar-refractivity contribution is 0.411. The molecule has 0 unspecified atom stereocenters. The molecule has 4 rings (SSSR count). The number of hydrogen-bond acceptors (Lipinski definition) is 3. The number of phenolic OH excluding ortho intramolecular Hbond substituents is 3. The zero-order valence-corrected chi connectivity index (χ0v) is 20.3. The van der Waals surface area contributed by atoms with Crippen molar-refractivity contribution in [2.24, 2.45) is 0 Å². The third-order valence-corrected chi connectivity index (χ3v) is 7.41. The molecule has 3 N–H and O–H groups in total.